The molecule has 0 saturated carbocycles. The van der Waals surface area contributed by atoms with Crippen molar-refractivity contribution in [1.82, 2.24) is 4.90 Å². The average molecular weight is 332 g/mol. The van der Waals surface area contributed by atoms with Gasteiger partial charge in [-0.05, 0) is 31.2 Å². The molecule has 0 aromatic heterocycles. The quantitative estimate of drug-likeness (QED) is 0.613. The van der Waals surface area contributed by atoms with Crippen LogP contribution in [0.5, 0.6) is 5.75 Å². The molecule has 0 atom stereocenters. The van der Waals surface area contributed by atoms with E-state index in [0.29, 0.717) is 15.8 Å². The first-order chi connectivity index (χ1) is 10.6. The normalized spacial score (nSPS) is 20.7. The molecule has 1 aromatic carbocycles. The van der Waals surface area contributed by atoms with Crippen LogP contribution in [0.2, 0.25) is 0 Å². The molecular weight excluding hydrogens is 316 g/mol. The van der Waals surface area contributed by atoms with Crippen LogP contribution in [0.4, 0.5) is 5.69 Å². The highest BCUT2D eigenvalue weighted by atomic mass is 32.2. The van der Waals surface area contributed by atoms with Gasteiger partial charge in [-0.1, -0.05) is 30.1 Å². The minimum absolute atomic E-state index is 0.0130. The number of carbonyl (C=O) groups is 1. The molecule has 22 heavy (non-hydrogen) atoms. The molecule has 3 rings (SSSR count). The summed E-state index contributed by atoms with van der Waals surface area (Å²) in [7, 11) is 3.61. The monoisotopic (exact) mass is 332 g/mol. The van der Waals surface area contributed by atoms with Crippen molar-refractivity contribution in [1.29, 1.82) is 0 Å². The number of methoxy groups -OCH3 is 1. The number of ether oxygens (including phenoxy) is 1. The van der Waals surface area contributed by atoms with Gasteiger partial charge in [0.25, 0.3) is 5.91 Å². The lowest BCUT2D eigenvalue weighted by molar-refractivity contribution is -0.122. The van der Waals surface area contributed by atoms with Gasteiger partial charge in [0.05, 0.1) is 12.8 Å². The predicted molar refractivity (Wildman–Crippen MR) is 95.0 cm³/mol. The molecule has 4 nitrogen and oxygen atoms in total. The lowest BCUT2D eigenvalue weighted by Crippen LogP contribution is -2.29. The Morgan fingerprint density at radius 2 is 2.09 bits per heavy atom. The van der Waals surface area contributed by atoms with Crippen LogP contribution in [0.3, 0.4) is 0 Å². The Morgan fingerprint density at radius 3 is 2.73 bits per heavy atom. The van der Waals surface area contributed by atoms with Crippen LogP contribution < -0.4 is 9.64 Å². The number of hydrogen-bond donors (Lipinski definition) is 0. The van der Waals surface area contributed by atoms with E-state index in [9.17, 15) is 4.79 Å². The molecule has 2 aliphatic heterocycles. The largest absolute Gasteiger partial charge is 0.497 e. The van der Waals surface area contributed by atoms with Gasteiger partial charge in [-0.3, -0.25) is 9.69 Å². The Hall–Kier alpha value is -1.79. The summed E-state index contributed by atoms with van der Waals surface area (Å²) in [4.78, 5) is 16.8. The lowest BCUT2D eigenvalue weighted by Gasteiger charge is -2.27. The van der Waals surface area contributed by atoms with Gasteiger partial charge in [0, 0.05) is 24.8 Å². The zero-order chi connectivity index (χ0) is 15.9. The molecule has 1 amide bonds. The Balaban J connectivity index is 2.04. The number of carbonyl (C=O) groups excluding carboxylic acids is 1. The minimum Gasteiger partial charge on any atom is -0.497 e. The van der Waals surface area contributed by atoms with E-state index in [1.54, 1.807) is 12.0 Å². The highest BCUT2D eigenvalue weighted by molar-refractivity contribution is 8.26. The fraction of sp³-hybridized carbons (Fsp3) is 0.250. The van der Waals surface area contributed by atoms with E-state index in [1.807, 2.05) is 49.2 Å². The van der Waals surface area contributed by atoms with Crippen molar-refractivity contribution in [2.75, 3.05) is 25.6 Å². The maximum atomic E-state index is 12.5. The van der Waals surface area contributed by atoms with E-state index in [4.69, 9.17) is 17.0 Å². The Bertz CT molecular complexity index is 725. The molecule has 1 saturated heterocycles. The third kappa shape index (κ3) is 2.32. The lowest BCUT2D eigenvalue weighted by atomic mass is 10.1. The van der Waals surface area contributed by atoms with Crippen LogP contribution in [0.1, 0.15) is 12.5 Å². The molecular formula is C16H16N2O2S2. The van der Waals surface area contributed by atoms with Crippen LogP contribution in [-0.2, 0) is 4.79 Å². The molecule has 114 valence electrons. The number of nitrogens with zero attached hydrogens (tertiary/aromatic N) is 2. The highest BCUT2D eigenvalue weighted by Crippen LogP contribution is 2.39. The Kier molecular flexibility index (Phi) is 3.97. The van der Waals surface area contributed by atoms with Crippen molar-refractivity contribution < 1.29 is 9.53 Å². The summed E-state index contributed by atoms with van der Waals surface area (Å²) in [5, 5.41) is 0. The predicted octanol–water partition coefficient (Wildman–Crippen LogP) is 3.25. The summed E-state index contributed by atoms with van der Waals surface area (Å²) in [6.07, 6.45) is 3.97. The first-order valence-corrected chi connectivity index (χ1v) is 8.17. The van der Waals surface area contributed by atoms with Crippen molar-refractivity contribution in [3.8, 4) is 5.75 Å². The molecule has 2 heterocycles. The molecule has 1 fully saturated rings. The summed E-state index contributed by atoms with van der Waals surface area (Å²) < 4.78 is 5.88. The maximum Gasteiger partial charge on any atom is 0.268 e. The standard InChI is InChI=1S/C16H16N2O2S2/c1-4-18-15(19)14(22-16(18)21)13-7-5-10-9-11(20-3)6-8-12(10)17(13)2/h5-9H,4H2,1-3H3/b14-13-. The number of likely N-dealkylation sites (N-methyl/N-ethyl adjacent to an activating group) is 2. The maximum absolute atomic E-state index is 12.5. The van der Waals surface area contributed by atoms with Crippen LogP contribution in [0.25, 0.3) is 6.08 Å². The molecule has 0 bridgehead atoms. The van der Waals surface area contributed by atoms with Crippen molar-refractivity contribution >= 4 is 46.0 Å². The van der Waals surface area contributed by atoms with Crippen molar-refractivity contribution in [3.63, 3.8) is 0 Å². The first kappa shape index (κ1) is 15.1. The van der Waals surface area contributed by atoms with E-state index in [0.717, 1.165) is 22.7 Å². The van der Waals surface area contributed by atoms with Crippen LogP contribution >= 0.6 is 24.0 Å². The second kappa shape index (κ2) is 5.78. The number of hydrogen-bond acceptors (Lipinski definition) is 5. The first-order valence-electron chi connectivity index (χ1n) is 6.94. The zero-order valence-electron chi connectivity index (χ0n) is 12.6. The SMILES string of the molecule is CCN1C(=O)/C(=C2\C=Cc3cc(OC)ccc3N2C)SC1=S. The summed E-state index contributed by atoms with van der Waals surface area (Å²) in [5.74, 6) is 0.804. The Labute approximate surface area is 139 Å². The van der Waals surface area contributed by atoms with E-state index >= 15 is 0 Å². The van der Waals surface area contributed by atoms with Gasteiger partial charge in [-0.25, -0.2) is 0 Å². The summed E-state index contributed by atoms with van der Waals surface area (Å²) >= 11 is 6.66. The molecule has 6 heteroatoms. The van der Waals surface area contributed by atoms with E-state index in [-0.39, 0.29) is 5.91 Å². The molecule has 0 radical (unpaired) electrons. The number of benzene rings is 1. The molecule has 0 N–H and O–H groups in total. The number of amides is 1. The van der Waals surface area contributed by atoms with Crippen LogP contribution in [-0.4, -0.2) is 35.8 Å². The third-order valence-corrected chi connectivity index (χ3v) is 5.23. The minimum atomic E-state index is -0.0130. The summed E-state index contributed by atoms with van der Waals surface area (Å²) in [5.41, 5.74) is 2.99. The molecule has 0 aliphatic carbocycles. The molecule has 2 aliphatic rings. The highest BCUT2D eigenvalue weighted by Gasteiger charge is 2.34. The van der Waals surface area contributed by atoms with Gasteiger partial charge >= 0.3 is 0 Å². The number of fused-ring (bicyclic) bond motifs is 1. The smallest absolute Gasteiger partial charge is 0.268 e. The second-order valence-corrected chi connectivity index (χ2v) is 6.59. The number of allylic oxidation sites excluding steroid dienone is 1. The van der Waals surface area contributed by atoms with Gasteiger partial charge in [-0.15, -0.1) is 0 Å². The van der Waals surface area contributed by atoms with Gasteiger partial charge < -0.3 is 9.64 Å². The van der Waals surface area contributed by atoms with Gasteiger partial charge in [0.1, 0.15) is 15.0 Å². The number of rotatable bonds is 2. The van der Waals surface area contributed by atoms with Crippen molar-refractivity contribution in [2.45, 2.75) is 6.92 Å². The fourth-order valence-electron chi connectivity index (χ4n) is 2.56. The summed E-state index contributed by atoms with van der Waals surface area (Å²) in [6, 6.07) is 5.90. The zero-order valence-corrected chi connectivity index (χ0v) is 14.3. The third-order valence-electron chi connectivity index (χ3n) is 3.78. The number of thiocarbonyl (C=S) groups is 1. The van der Waals surface area contributed by atoms with Crippen molar-refractivity contribution in [2.24, 2.45) is 0 Å². The van der Waals surface area contributed by atoms with Crippen LogP contribution in [0.15, 0.2) is 34.9 Å². The average Bonchev–Trinajstić information content (AvgIpc) is 2.81. The fourth-order valence-corrected chi connectivity index (χ4v) is 4.03. The number of anilines is 1. The molecule has 1 aromatic rings. The Morgan fingerprint density at radius 1 is 1.32 bits per heavy atom. The van der Waals surface area contributed by atoms with Gasteiger partial charge in [0.2, 0.25) is 0 Å². The molecule has 0 spiro atoms. The molecule has 0 unspecified atom stereocenters. The van der Waals surface area contributed by atoms with Crippen LogP contribution in [0, 0.1) is 0 Å². The van der Waals surface area contributed by atoms with Gasteiger partial charge in [0.15, 0.2) is 0 Å². The number of thioether (sulfide) groups is 1. The van der Waals surface area contributed by atoms with E-state index in [2.05, 4.69) is 0 Å². The second-order valence-electron chi connectivity index (χ2n) is 4.95. The summed E-state index contributed by atoms with van der Waals surface area (Å²) in [6.45, 7) is 2.53. The van der Waals surface area contributed by atoms with Gasteiger partial charge in [-0.2, -0.15) is 0 Å². The van der Waals surface area contributed by atoms with E-state index < -0.39 is 0 Å². The van der Waals surface area contributed by atoms with E-state index in [1.165, 1.54) is 11.8 Å². The topological polar surface area (TPSA) is 32.8 Å². The van der Waals surface area contributed by atoms with Crippen molar-refractivity contribution in [3.05, 3.63) is 40.4 Å².